The van der Waals surface area contributed by atoms with Gasteiger partial charge in [-0.1, -0.05) is 12.1 Å². The molecule has 0 bridgehead atoms. The molecular formula is C22H21N7O2. The van der Waals surface area contributed by atoms with E-state index in [1.54, 1.807) is 19.4 Å². The average molecular weight is 415 g/mol. The second-order valence-electron chi connectivity index (χ2n) is 7.77. The third-order valence-corrected chi connectivity index (χ3v) is 6.03. The number of aromatic nitrogens is 5. The summed E-state index contributed by atoms with van der Waals surface area (Å²) in [6.07, 6.45) is 4.25. The SMILES string of the molecule is Cc1c(Nc2ncc3c(n2)n(C2(C#N)CCOCC2)c(=O)n3C)ccc2cccnc12. The maximum Gasteiger partial charge on any atom is 0.331 e. The van der Waals surface area contributed by atoms with Crippen molar-refractivity contribution >= 4 is 33.7 Å². The number of anilines is 2. The lowest BCUT2D eigenvalue weighted by Crippen LogP contribution is -2.44. The van der Waals surface area contributed by atoms with E-state index in [0.717, 1.165) is 22.2 Å². The van der Waals surface area contributed by atoms with Crippen LogP contribution in [-0.4, -0.2) is 37.3 Å². The first-order chi connectivity index (χ1) is 15.0. The van der Waals surface area contributed by atoms with Crippen LogP contribution in [0.25, 0.3) is 22.1 Å². The van der Waals surface area contributed by atoms with Crippen LogP contribution in [0, 0.1) is 18.3 Å². The molecule has 0 radical (unpaired) electrons. The number of ether oxygens (including phenoxy) is 1. The second-order valence-corrected chi connectivity index (χ2v) is 7.77. The standard InChI is InChI=1S/C22H21N7O2/c1-14-16(6-5-15-4-3-9-24-18(14)15)26-20-25-12-17-19(27-20)29(21(30)28(17)2)22(13-23)7-10-31-11-8-22/h3-6,9,12H,7-8,10-11H2,1-2H3,(H,25,26,27). The Morgan fingerprint density at radius 1 is 1.23 bits per heavy atom. The molecule has 0 spiro atoms. The van der Waals surface area contributed by atoms with Crippen molar-refractivity contribution in [3.8, 4) is 6.07 Å². The van der Waals surface area contributed by atoms with Crippen LogP contribution in [0.5, 0.6) is 0 Å². The third-order valence-electron chi connectivity index (χ3n) is 6.03. The summed E-state index contributed by atoms with van der Waals surface area (Å²) < 4.78 is 8.42. The van der Waals surface area contributed by atoms with Gasteiger partial charge in [0.2, 0.25) is 5.95 Å². The van der Waals surface area contributed by atoms with Crippen LogP contribution in [-0.2, 0) is 17.3 Å². The minimum atomic E-state index is -0.983. The van der Waals surface area contributed by atoms with Crippen molar-refractivity contribution in [3.05, 3.63) is 52.7 Å². The Morgan fingerprint density at radius 3 is 2.81 bits per heavy atom. The molecule has 0 amide bonds. The van der Waals surface area contributed by atoms with E-state index in [1.807, 2.05) is 31.2 Å². The summed E-state index contributed by atoms with van der Waals surface area (Å²) in [7, 11) is 1.67. The molecule has 4 aromatic rings. The van der Waals surface area contributed by atoms with Gasteiger partial charge in [-0.3, -0.25) is 14.1 Å². The smallest absolute Gasteiger partial charge is 0.331 e. The molecule has 9 heteroatoms. The average Bonchev–Trinajstić information content (AvgIpc) is 3.06. The first-order valence-electron chi connectivity index (χ1n) is 10.1. The molecule has 0 saturated carbocycles. The molecule has 1 aromatic carbocycles. The van der Waals surface area contributed by atoms with E-state index in [2.05, 4.69) is 26.3 Å². The first-order valence-corrected chi connectivity index (χ1v) is 10.1. The molecular weight excluding hydrogens is 394 g/mol. The van der Waals surface area contributed by atoms with E-state index in [9.17, 15) is 10.1 Å². The highest BCUT2D eigenvalue weighted by molar-refractivity contribution is 5.87. The number of aryl methyl sites for hydroxylation is 2. The second kappa shape index (κ2) is 7.18. The van der Waals surface area contributed by atoms with Crippen molar-refractivity contribution in [2.45, 2.75) is 25.3 Å². The molecule has 9 nitrogen and oxygen atoms in total. The number of nitriles is 1. The minimum absolute atomic E-state index is 0.281. The van der Waals surface area contributed by atoms with Gasteiger partial charge in [-0.2, -0.15) is 10.2 Å². The first kappa shape index (κ1) is 19.2. The molecule has 1 saturated heterocycles. The fourth-order valence-corrected chi connectivity index (χ4v) is 4.20. The van der Waals surface area contributed by atoms with Gasteiger partial charge in [0.05, 0.1) is 17.8 Å². The quantitative estimate of drug-likeness (QED) is 0.548. The maximum atomic E-state index is 13.1. The van der Waals surface area contributed by atoms with Crippen molar-refractivity contribution in [1.82, 2.24) is 24.1 Å². The molecule has 5 rings (SSSR count). The van der Waals surface area contributed by atoms with Gasteiger partial charge >= 0.3 is 5.69 Å². The van der Waals surface area contributed by atoms with Crippen molar-refractivity contribution in [2.24, 2.45) is 7.05 Å². The van der Waals surface area contributed by atoms with E-state index in [0.29, 0.717) is 43.2 Å². The Morgan fingerprint density at radius 2 is 2.03 bits per heavy atom. The van der Waals surface area contributed by atoms with Gasteiger partial charge in [0.15, 0.2) is 5.65 Å². The number of imidazole rings is 1. The zero-order valence-electron chi connectivity index (χ0n) is 17.3. The lowest BCUT2D eigenvalue weighted by Gasteiger charge is -2.31. The van der Waals surface area contributed by atoms with Crippen LogP contribution in [0.2, 0.25) is 0 Å². The lowest BCUT2D eigenvalue weighted by atomic mass is 9.91. The summed E-state index contributed by atoms with van der Waals surface area (Å²) in [4.78, 5) is 26.6. The number of fused-ring (bicyclic) bond motifs is 2. The van der Waals surface area contributed by atoms with Crippen molar-refractivity contribution < 1.29 is 4.74 Å². The van der Waals surface area contributed by atoms with E-state index in [4.69, 9.17) is 4.74 Å². The van der Waals surface area contributed by atoms with Crippen molar-refractivity contribution in [3.63, 3.8) is 0 Å². The molecule has 1 aliphatic heterocycles. The number of nitrogens with one attached hydrogen (secondary N) is 1. The van der Waals surface area contributed by atoms with Gasteiger partial charge in [0.1, 0.15) is 11.1 Å². The van der Waals surface area contributed by atoms with Gasteiger partial charge < -0.3 is 10.1 Å². The van der Waals surface area contributed by atoms with E-state index < -0.39 is 5.54 Å². The summed E-state index contributed by atoms with van der Waals surface area (Å²) in [5, 5.41) is 14.3. The summed E-state index contributed by atoms with van der Waals surface area (Å²) in [5.74, 6) is 0.352. The van der Waals surface area contributed by atoms with Gasteiger partial charge in [0, 0.05) is 50.4 Å². The third kappa shape index (κ3) is 2.95. The number of rotatable bonds is 3. The molecule has 156 valence electrons. The van der Waals surface area contributed by atoms with Crippen molar-refractivity contribution in [1.29, 1.82) is 5.26 Å². The summed E-state index contributed by atoms with van der Waals surface area (Å²) in [6, 6.07) is 10.2. The fourth-order valence-electron chi connectivity index (χ4n) is 4.20. The zero-order chi connectivity index (χ0) is 21.6. The van der Waals surface area contributed by atoms with Gasteiger partial charge in [-0.05, 0) is 24.6 Å². The molecule has 4 heterocycles. The Labute approximate surface area is 177 Å². The summed E-state index contributed by atoms with van der Waals surface area (Å²) in [6.45, 7) is 2.84. The number of nitrogens with zero attached hydrogens (tertiary/aromatic N) is 6. The molecule has 0 aliphatic carbocycles. The van der Waals surface area contributed by atoms with Crippen LogP contribution >= 0.6 is 0 Å². The lowest BCUT2D eigenvalue weighted by molar-refractivity contribution is 0.0448. The van der Waals surface area contributed by atoms with Crippen LogP contribution in [0.15, 0.2) is 41.5 Å². The molecule has 31 heavy (non-hydrogen) atoms. The molecule has 1 fully saturated rings. The van der Waals surface area contributed by atoms with Crippen LogP contribution in [0.4, 0.5) is 11.6 Å². The molecule has 0 unspecified atom stereocenters. The number of benzene rings is 1. The number of hydrogen-bond acceptors (Lipinski definition) is 7. The number of hydrogen-bond donors (Lipinski definition) is 1. The summed E-state index contributed by atoms with van der Waals surface area (Å²) >= 11 is 0. The fraction of sp³-hybridized carbons (Fsp3) is 0.318. The molecule has 3 aromatic heterocycles. The molecule has 0 atom stereocenters. The topological polar surface area (TPSA) is 111 Å². The zero-order valence-corrected chi connectivity index (χ0v) is 17.3. The highest BCUT2D eigenvalue weighted by Gasteiger charge is 2.38. The van der Waals surface area contributed by atoms with E-state index in [1.165, 1.54) is 9.13 Å². The monoisotopic (exact) mass is 415 g/mol. The van der Waals surface area contributed by atoms with Crippen molar-refractivity contribution in [2.75, 3.05) is 18.5 Å². The largest absolute Gasteiger partial charge is 0.381 e. The Hall–Kier alpha value is -3.77. The molecule has 1 N–H and O–H groups in total. The normalized spacial score (nSPS) is 15.8. The van der Waals surface area contributed by atoms with Gasteiger partial charge in [-0.25, -0.2) is 9.78 Å². The van der Waals surface area contributed by atoms with Gasteiger partial charge in [-0.15, -0.1) is 0 Å². The highest BCUT2D eigenvalue weighted by Crippen LogP contribution is 2.31. The number of pyridine rings is 1. The predicted molar refractivity (Wildman–Crippen MR) is 116 cm³/mol. The van der Waals surface area contributed by atoms with E-state index in [-0.39, 0.29) is 5.69 Å². The Kier molecular flexibility index (Phi) is 4.45. The highest BCUT2D eigenvalue weighted by atomic mass is 16.5. The summed E-state index contributed by atoms with van der Waals surface area (Å²) in [5.41, 5.74) is 2.45. The Balaban J connectivity index is 1.63. The van der Waals surface area contributed by atoms with Gasteiger partial charge in [0.25, 0.3) is 0 Å². The van der Waals surface area contributed by atoms with Crippen LogP contribution in [0.1, 0.15) is 18.4 Å². The van der Waals surface area contributed by atoms with E-state index >= 15 is 0 Å². The van der Waals surface area contributed by atoms with Crippen LogP contribution < -0.4 is 11.0 Å². The van der Waals surface area contributed by atoms with Crippen LogP contribution in [0.3, 0.4) is 0 Å². The minimum Gasteiger partial charge on any atom is -0.381 e. The Bertz CT molecular complexity index is 1410. The maximum absolute atomic E-state index is 13.1. The molecule has 1 aliphatic rings. The predicted octanol–water partition coefficient (Wildman–Crippen LogP) is 2.76.